The highest BCUT2D eigenvalue weighted by Gasteiger charge is 2.37. The summed E-state index contributed by atoms with van der Waals surface area (Å²) in [5.74, 6) is 0.195. The molecule has 0 unspecified atom stereocenters. The molecule has 1 aliphatic heterocycles. The van der Waals surface area contributed by atoms with Crippen LogP contribution in [0.15, 0.2) is 42.5 Å². The summed E-state index contributed by atoms with van der Waals surface area (Å²) in [5, 5.41) is 11.4. The molecule has 2 aromatic rings. The van der Waals surface area contributed by atoms with Crippen molar-refractivity contribution in [1.29, 1.82) is 0 Å². The van der Waals surface area contributed by atoms with E-state index in [4.69, 9.17) is 11.6 Å². The van der Waals surface area contributed by atoms with Crippen LogP contribution in [0.25, 0.3) is 0 Å². The summed E-state index contributed by atoms with van der Waals surface area (Å²) < 4.78 is 0. The Morgan fingerprint density at radius 3 is 2.74 bits per heavy atom. The summed E-state index contributed by atoms with van der Waals surface area (Å²) in [4.78, 5) is 24.8. The maximum atomic E-state index is 12.3. The number of amides is 1. The van der Waals surface area contributed by atoms with Crippen LogP contribution in [0.4, 0.5) is 11.4 Å². The molecule has 0 radical (unpaired) electrons. The summed E-state index contributed by atoms with van der Waals surface area (Å²) in [6.07, 6.45) is 0. The zero-order chi connectivity index (χ0) is 16.6. The predicted octanol–water partition coefficient (Wildman–Crippen LogP) is 4.34. The maximum absolute atomic E-state index is 12.3. The predicted molar refractivity (Wildman–Crippen MR) is 92.0 cm³/mol. The molecule has 1 heterocycles. The van der Waals surface area contributed by atoms with Crippen LogP contribution in [0.2, 0.25) is 5.02 Å². The minimum Gasteiger partial charge on any atom is -0.295 e. The van der Waals surface area contributed by atoms with E-state index in [9.17, 15) is 14.9 Å². The number of halogens is 1. The third-order valence-corrected chi connectivity index (χ3v) is 5.30. The molecule has 1 aliphatic rings. The summed E-state index contributed by atoms with van der Waals surface area (Å²) in [6.45, 7) is 1.88. The lowest BCUT2D eigenvalue weighted by atomic mass is 10.1. The van der Waals surface area contributed by atoms with E-state index >= 15 is 0 Å². The van der Waals surface area contributed by atoms with Gasteiger partial charge in [-0.25, -0.2) is 0 Å². The molecule has 3 rings (SSSR count). The second-order valence-corrected chi connectivity index (χ2v) is 6.65. The lowest BCUT2D eigenvalue weighted by Gasteiger charge is -2.24. The van der Waals surface area contributed by atoms with Crippen molar-refractivity contribution in [3.8, 4) is 0 Å². The molecular formula is C16H13ClN2O3S. The number of hydrogen-bond acceptors (Lipinski definition) is 4. The highest BCUT2D eigenvalue weighted by atomic mass is 35.5. The summed E-state index contributed by atoms with van der Waals surface area (Å²) in [6, 6.07) is 11.9. The van der Waals surface area contributed by atoms with Gasteiger partial charge in [0.1, 0.15) is 5.37 Å². The number of nitro benzene ring substituents is 1. The van der Waals surface area contributed by atoms with Gasteiger partial charge in [-0.2, -0.15) is 0 Å². The molecule has 0 spiro atoms. The van der Waals surface area contributed by atoms with Crippen LogP contribution in [-0.2, 0) is 4.79 Å². The van der Waals surface area contributed by atoms with Crippen molar-refractivity contribution in [3.05, 3.63) is 68.7 Å². The SMILES string of the molecule is Cc1ccc(N2C(=O)CS[C@H]2c2ccccc2[N+](=O)[O-])cc1Cl. The van der Waals surface area contributed by atoms with E-state index in [0.29, 0.717) is 16.3 Å². The second-order valence-electron chi connectivity index (χ2n) is 5.18. The minimum atomic E-state index is -0.428. The summed E-state index contributed by atoms with van der Waals surface area (Å²) >= 11 is 7.54. The molecule has 1 saturated heterocycles. The van der Waals surface area contributed by atoms with Crippen molar-refractivity contribution in [3.63, 3.8) is 0 Å². The Labute approximate surface area is 142 Å². The Kier molecular flexibility index (Phi) is 4.28. The van der Waals surface area contributed by atoms with E-state index < -0.39 is 10.3 Å². The molecule has 0 N–H and O–H groups in total. The number of rotatable bonds is 3. The summed E-state index contributed by atoms with van der Waals surface area (Å²) in [7, 11) is 0. The maximum Gasteiger partial charge on any atom is 0.275 e. The number of anilines is 1. The van der Waals surface area contributed by atoms with Crippen LogP contribution in [0.3, 0.4) is 0 Å². The molecule has 0 saturated carbocycles. The molecule has 1 atom stereocenters. The first-order valence-corrected chi connectivity index (χ1v) is 8.35. The molecule has 7 heteroatoms. The van der Waals surface area contributed by atoms with E-state index in [1.165, 1.54) is 17.8 Å². The molecule has 23 heavy (non-hydrogen) atoms. The molecular weight excluding hydrogens is 336 g/mol. The van der Waals surface area contributed by atoms with Crippen molar-refractivity contribution in [2.75, 3.05) is 10.7 Å². The van der Waals surface area contributed by atoms with Crippen molar-refractivity contribution in [1.82, 2.24) is 0 Å². The number of aryl methyl sites for hydroxylation is 1. The van der Waals surface area contributed by atoms with Crippen LogP contribution >= 0.6 is 23.4 Å². The number of para-hydroxylation sites is 1. The van der Waals surface area contributed by atoms with Crippen molar-refractivity contribution in [2.24, 2.45) is 0 Å². The van der Waals surface area contributed by atoms with Gasteiger partial charge in [-0.15, -0.1) is 11.8 Å². The number of hydrogen-bond donors (Lipinski definition) is 0. The van der Waals surface area contributed by atoms with Gasteiger partial charge in [0.25, 0.3) is 5.69 Å². The fourth-order valence-corrected chi connectivity index (χ4v) is 3.91. The van der Waals surface area contributed by atoms with Gasteiger partial charge >= 0.3 is 0 Å². The van der Waals surface area contributed by atoms with Gasteiger partial charge in [0.05, 0.1) is 16.2 Å². The Hall–Kier alpha value is -2.05. The minimum absolute atomic E-state index is 0.0166. The molecule has 0 aromatic heterocycles. The molecule has 1 fully saturated rings. The normalized spacial score (nSPS) is 17.6. The second kappa shape index (κ2) is 6.22. The van der Waals surface area contributed by atoms with E-state index in [-0.39, 0.29) is 17.3 Å². The Bertz CT molecular complexity index is 797. The summed E-state index contributed by atoms with van der Waals surface area (Å²) in [5.41, 5.74) is 2.10. The number of carbonyl (C=O) groups excluding carboxylic acids is 1. The van der Waals surface area contributed by atoms with Crippen LogP contribution in [0.1, 0.15) is 16.5 Å². The first-order valence-electron chi connectivity index (χ1n) is 6.92. The smallest absolute Gasteiger partial charge is 0.275 e. The standard InChI is InChI=1S/C16H13ClN2O3S/c1-10-6-7-11(8-13(10)17)18-15(20)9-23-16(18)12-4-2-3-5-14(12)19(21)22/h2-8,16H,9H2,1H3/t16-/m0/s1. The van der Waals surface area contributed by atoms with Gasteiger partial charge in [0.2, 0.25) is 5.91 Å². The van der Waals surface area contributed by atoms with Crippen LogP contribution in [0.5, 0.6) is 0 Å². The Morgan fingerprint density at radius 2 is 2.04 bits per heavy atom. The van der Waals surface area contributed by atoms with Gasteiger partial charge < -0.3 is 0 Å². The topological polar surface area (TPSA) is 63.5 Å². The number of nitrogens with zero attached hydrogens (tertiary/aromatic N) is 2. The fourth-order valence-electron chi connectivity index (χ4n) is 2.53. The number of nitro groups is 1. The van der Waals surface area contributed by atoms with E-state index in [2.05, 4.69) is 0 Å². The third-order valence-electron chi connectivity index (χ3n) is 3.70. The lowest BCUT2D eigenvalue weighted by Crippen LogP contribution is -2.28. The first-order chi connectivity index (χ1) is 11.0. The van der Waals surface area contributed by atoms with E-state index in [0.717, 1.165) is 5.56 Å². The van der Waals surface area contributed by atoms with Crippen LogP contribution in [-0.4, -0.2) is 16.6 Å². The van der Waals surface area contributed by atoms with Crippen LogP contribution in [0, 0.1) is 17.0 Å². The van der Waals surface area contributed by atoms with Gasteiger partial charge in [-0.3, -0.25) is 19.8 Å². The number of benzene rings is 2. The van der Waals surface area contributed by atoms with Gasteiger partial charge in [0, 0.05) is 16.8 Å². The van der Waals surface area contributed by atoms with E-state index in [1.807, 2.05) is 19.1 Å². The van der Waals surface area contributed by atoms with Crippen molar-refractivity contribution < 1.29 is 9.72 Å². The molecule has 5 nitrogen and oxygen atoms in total. The van der Waals surface area contributed by atoms with Crippen molar-refractivity contribution in [2.45, 2.75) is 12.3 Å². The molecule has 2 aromatic carbocycles. The van der Waals surface area contributed by atoms with E-state index in [1.54, 1.807) is 29.2 Å². The Balaban J connectivity index is 2.07. The zero-order valence-corrected chi connectivity index (χ0v) is 13.8. The largest absolute Gasteiger partial charge is 0.295 e. The van der Waals surface area contributed by atoms with Crippen LogP contribution < -0.4 is 4.90 Å². The van der Waals surface area contributed by atoms with Gasteiger partial charge in [-0.05, 0) is 30.7 Å². The first kappa shape index (κ1) is 15.8. The van der Waals surface area contributed by atoms with Gasteiger partial charge in [-0.1, -0.05) is 29.8 Å². The van der Waals surface area contributed by atoms with Crippen molar-refractivity contribution >= 4 is 40.6 Å². The average Bonchev–Trinajstić information content (AvgIpc) is 2.91. The highest BCUT2D eigenvalue weighted by molar-refractivity contribution is 8.00. The molecule has 0 aliphatic carbocycles. The quantitative estimate of drug-likeness (QED) is 0.611. The monoisotopic (exact) mass is 348 g/mol. The Morgan fingerprint density at radius 1 is 1.30 bits per heavy atom. The number of thioether (sulfide) groups is 1. The molecule has 0 bridgehead atoms. The molecule has 118 valence electrons. The molecule has 1 amide bonds. The highest BCUT2D eigenvalue weighted by Crippen LogP contribution is 2.45. The zero-order valence-electron chi connectivity index (χ0n) is 12.2. The average molecular weight is 349 g/mol. The fraction of sp³-hybridized carbons (Fsp3) is 0.188. The third kappa shape index (κ3) is 2.92. The lowest BCUT2D eigenvalue weighted by molar-refractivity contribution is -0.385. The number of carbonyl (C=O) groups is 1. The van der Waals surface area contributed by atoms with Gasteiger partial charge in [0.15, 0.2) is 0 Å².